The first-order valence-electron chi connectivity index (χ1n) is 8.78. The number of urea groups is 1. The topological polar surface area (TPSA) is 61.4 Å². The summed E-state index contributed by atoms with van der Waals surface area (Å²) in [5.74, 6) is 1.68. The van der Waals surface area contributed by atoms with E-state index in [1.54, 1.807) is 0 Å². The average molecular weight is 296 g/mol. The number of carbonyl (C=O) groups excluding carboxylic acids is 1. The molecule has 21 heavy (non-hydrogen) atoms. The van der Waals surface area contributed by atoms with E-state index in [1.807, 2.05) is 0 Å². The van der Waals surface area contributed by atoms with Gasteiger partial charge in [0.15, 0.2) is 0 Å². The van der Waals surface area contributed by atoms with Crippen LogP contribution in [0.15, 0.2) is 0 Å². The van der Waals surface area contributed by atoms with Crippen LogP contribution in [0.4, 0.5) is 4.79 Å². The average Bonchev–Trinajstić information content (AvgIpc) is 2.45. The van der Waals surface area contributed by atoms with Crippen molar-refractivity contribution < 1.29 is 9.90 Å². The van der Waals surface area contributed by atoms with Gasteiger partial charge in [-0.2, -0.15) is 0 Å². The summed E-state index contributed by atoms with van der Waals surface area (Å²) >= 11 is 0. The van der Waals surface area contributed by atoms with Crippen molar-refractivity contribution in [3.05, 3.63) is 0 Å². The van der Waals surface area contributed by atoms with Gasteiger partial charge in [0.05, 0.1) is 6.10 Å². The predicted octanol–water partition coefficient (Wildman–Crippen LogP) is 3.05. The van der Waals surface area contributed by atoms with E-state index in [0.29, 0.717) is 30.3 Å². The molecule has 4 unspecified atom stereocenters. The van der Waals surface area contributed by atoms with Gasteiger partial charge in [-0.05, 0) is 49.9 Å². The second-order valence-electron chi connectivity index (χ2n) is 7.34. The molecule has 122 valence electrons. The third kappa shape index (κ3) is 5.17. The molecule has 2 aliphatic carbocycles. The van der Waals surface area contributed by atoms with Crippen LogP contribution in [-0.4, -0.2) is 29.8 Å². The van der Waals surface area contributed by atoms with Gasteiger partial charge in [-0.1, -0.05) is 33.1 Å². The van der Waals surface area contributed by atoms with Crippen molar-refractivity contribution in [2.45, 2.75) is 77.4 Å². The number of hydrogen-bond acceptors (Lipinski definition) is 2. The minimum atomic E-state index is -0.169. The molecule has 0 aromatic heterocycles. The number of aliphatic hydroxyl groups excluding tert-OH is 1. The van der Waals surface area contributed by atoms with Crippen LogP contribution in [0.5, 0.6) is 0 Å². The van der Waals surface area contributed by atoms with Crippen LogP contribution < -0.4 is 10.6 Å². The fraction of sp³-hybridized carbons (Fsp3) is 0.941. The first-order chi connectivity index (χ1) is 10.1. The summed E-state index contributed by atoms with van der Waals surface area (Å²) in [5.41, 5.74) is 0. The molecule has 2 fully saturated rings. The second-order valence-corrected chi connectivity index (χ2v) is 7.34. The zero-order valence-electron chi connectivity index (χ0n) is 13.6. The van der Waals surface area contributed by atoms with Crippen molar-refractivity contribution >= 4 is 6.03 Å². The predicted molar refractivity (Wildman–Crippen MR) is 85.1 cm³/mol. The highest BCUT2D eigenvalue weighted by Gasteiger charge is 2.29. The minimum absolute atomic E-state index is 0.0207. The second kappa shape index (κ2) is 8.02. The summed E-state index contributed by atoms with van der Waals surface area (Å²) in [6.07, 6.45) is 8.64. The standard InChI is InChI=1S/C17H32N2O2/c1-12(2)15-8-3-4-9-16(15)19-17(21)18-11-13-6-5-7-14(20)10-13/h12-16,20H,3-11H2,1-2H3,(H2,18,19,21). The van der Waals surface area contributed by atoms with Crippen LogP contribution in [0.1, 0.15) is 65.2 Å². The Morgan fingerprint density at radius 1 is 1.14 bits per heavy atom. The van der Waals surface area contributed by atoms with Gasteiger partial charge < -0.3 is 15.7 Å². The zero-order chi connectivity index (χ0) is 15.2. The SMILES string of the molecule is CC(C)C1CCCCC1NC(=O)NCC1CCCC(O)C1. The molecule has 0 heterocycles. The highest BCUT2D eigenvalue weighted by atomic mass is 16.3. The van der Waals surface area contributed by atoms with Gasteiger partial charge in [-0.15, -0.1) is 0 Å². The third-order valence-corrected chi connectivity index (χ3v) is 5.30. The highest BCUT2D eigenvalue weighted by molar-refractivity contribution is 5.74. The molecule has 0 bridgehead atoms. The molecule has 4 heteroatoms. The largest absolute Gasteiger partial charge is 0.393 e. The number of aliphatic hydroxyl groups is 1. The molecule has 0 aliphatic heterocycles. The molecule has 4 atom stereocenters. The normalized spacial score (nSPS) is 33.7. The number of rotatable bonds is 4. The van der Waals surface area contributed by atoms with Crippen LogP contribution >= 0.6 is 0 Å². The van der Waals surface area contributed by atoms with Gasteiger partial charge >= 0.3 is 6.03 Å². The van der Waals surface area contributed by atoms with Gasteiger partial charge in [-0.3, -0.25) is 0 Å². The molecule has 2 aliphatic rings. The Hall–Kier alpha value is -0.770. The van der Waals surface area contributed by atoms with Crippen LogP contribution in [-0.2, 0) is 0 Å². The fourth-order valence-electron chi connectivity index (χ4n) is 4.04. The fourth-order valence-corrected chi connectivity index (χ4v) is 4.04. The van der Waals surface area contributed by atoms with E-state index in [9.17, 15) is 9.90 Å². The van der Waals surface area contributed by atoms with Gasteiger partial charge in [-0.25, -0.2) is 4.79 Å². The Balaban J connectivity index is 1.73. The van der Waals surface area contributed by atoms with E-state index in [-0.39, 0.29) is 12.1 Å². The first-order valence-corrected chi connectivity index (χ1v) is 8.78. The highest BCUT2D eigenvalue weighted by Crippen LogP contribution is 2.30. The molecular weight excluding hydrogens is 264 g/mol. The molecular formula is C17H32N2O2. The summed E-state index contributed by atoms with van der Waals surface area (Å²) in [6.45, 7) is 5.21. The van der Waals surface area contributed by atoms with Crippen molar-refractivity contribution in [2.75, 3.05) is 6.54 Å². The lowest BCUT2D eigenvalue weighted by Crippen LogP contribution is -2.49. The van der Waals surface area contributed by atoms with Crippen LogP contribution in [0, 0.1) is 17.8 Å². The molecule has 0 spiro atoms. The zero-order valence-corrected chi connectivity index (χ0v) is 13.6. The van der Waals surface area contributed by atoms with E-state index in [4.69, 9.17) is 0 Å². The molecule has 2 saturated carbocycles. The van der Waals surface area contributed by atoms with Crippen LogP contribution in [0.3, 0.4) is 0 Å². The Labute approximate surface area is 129 Å². The maximum Gasteiger partial charge on any atom is 0.315 e. The van der Waals surface area contributed by atoms with E-state index in [1.165, 1.54) is 19.3 Å². The van der Waals surface area contributed by atoms with E-state index >= 15 is 0 Å². The smallest absolute Gasteiger partial charge is 0.315 e. The molecule has 0 radical (unpaired) electrons. The van der Waals surface area contributed by atoms with Gasteiger partial charge in [0.25, 0.3) is 0 Å². The summed E-state index contributed by atoms with van der Waals surface area (Å²) in [4.78, 5) is 12.1. The monoisotopic (exact) mass is 296 g/mol. The van der Waals surface area contributed by atoms with Crippen LogP contribution in [0.2, 0.25) is 0 Å². The number of amides is 2. The van der Waals surface area contributed by atoms with Gasteiger partial charge in [0.1, 0.15) is 0 Å². The Bertz CT molecular complexity index is 333. The molecule has 0 saturated heterocycles. The molecule has 2 amide bonds. The number of hydrogen-bond donors (Lipinski definition) is 3. The summed E-state index contributed by atoms with van der Waals surface area (Å²) in [5, 5.41) is 15.9. The lowest BCUT2D eigenvalue weighted by atomic mass is 9.78. The molecule has 0 aromatic rings. The minimum Gasteiger partial charge on any atom is -0.393 e. The molecule has 0 aromatic carbocycles. The molecule has 2 rings (SSSR count). The lowest BCUT2D eigenvalue weighted by molar-refractivity contribution is 0.101. The van der Waals surface area contributed by atoms with Crippen molar-refractivity contribution in [1.82, 2.24) is 10.6 Å². The van der Waals surface area contributed by atoms with Crippen molar-refractivity contribution in [3.63, 3.8) is 0 Å². The molecule has 3 N–H and O–H groups in total. The maximum atomic E-state index is 12.1. The summed E-state index contributed by atoms with van der Waals surface area (Å²) in [7, 11) is 0. The third-order valence-electron chi connectivity index (χ3n) is 5.30. The Morgan fingerprint density at radius 2 is 1.90 bits per heavy atom. The van der Waals surface area contributed by atoms with Crippen LogP contribution in [0.25, 0.3) is 0 Å². The van der Waals surface area contributed by atoms with Gasteiger partial charge in [0.2, 0.25) is 0 Å². The van der Waals surface area contributed by atoms with Gasteiger partial charge in [0, 0.05) is 12.6 Å². The van der Waals surface area contributed by atoms with E-state index < -0.39 is 0 Å². The van der Waals surface area contributed by atoms with Crippen molar-refractivity contribution in [3.8, 4) is 0 Å². The first kappa shape index (κ1) is 16.6. The Morgan fingerprint density at radius 3 is 2.62 bits per heavy atom. The summed E-state index contributed by atoms with van der Waals surface area (Å²) in [6, 6.07) is 0.309. The lowest BCUT2D eigenvalue weighted by Gasteiger charge is -2.35. The quantitative estimate of drug-likeness (QED) is 0.746. The van der Waals surface area contributed by atoms with E-state index in [2.05, 4.69) is 24.5 Å². The number of nitrogens with one attached hydrogen (secondary N) is 2. The maximum absolute atomic E-state index is 12.1. The summed E-state index contributed by atoms with van der Waals surface area (Å²) < 4.78 is 0. The van der Waals surface area contributed by atoms with E-state index in [0.717, 1.165) is 32.1 Å². The molecule has 4 nitrogen and oxygen atoms in total. The van der Waals surface area contributed by atoms with Crippen molar-refractivity contribution in [1.29, 1.82) is 0 Å². The van der Waals surface area contributed by atoms with Crippen molar-refractivity contribution in [2.24, 2.45) is 17.8 Å². The number of carbonyl (C=O) groups is 1. The Kier molecular flexibility index (Phi) is 6.34.